The Morgan fingerprint density at radius 3 is 1.37 bits per heavy atom. The maximum Gasteiger partial charge on any atom is 0.348 e. The Morgan fingerprint density at radius 1 is 0.612 bits per heavy atom. The highest BCUT2D eigenvalue weighted by Crippen LogP contribution is 2.32. The molecule has 0 amide bonds. The summed E-state index contributed by atoms with van der Waals surface area (Å²) in [6.07, 6.45) is 0. The Balaban J connectivity index is 0.000000936. The zero-order valence-electron chi connectivity index (χ0n) is 42.6. The third-order valence-electron chi connectivity index (χ3n) is 8.07. The number of aromatic nitrogens is 2. The topological polar surface area (TPSA) is 294 Å². The Bertz CT molecular complexity index is 2380. The first-order valence-corrected chi connectivity index (χ1v) is 22.8. The van der Waals surface area contributed by atoms with Crippen LogP contribution in [0.15, 0.2) is 14.8 Å². The molecule has 3 heterocycles. The maximum atomic E-state index is 13.1. The van der Waals surface area contributed by atoms with E-state index in [0.29, 0.717) is 16.0 Å². The molecule has 0 aliphatic rings. The molecule has 67 heavy (non-hydrogen) atoms. The number of aromatic amines is 1. The molecule has 3 aromatic heterocycles. The highest BCUT2D eigenvalue weighted by molar-refractivity contribution is 7.20. The van der Waals surface area contributed by atoms with Crippen molar-refractivity contribution >= 4 is 73.7 Å². The standard InChI is InChI=1S/C18H24N2O6S.C11H15NO4S.C8H15NO3.C8H17NO2/c1-8-25-14(22)11-9(2)10-12(27-11)19-16(24)20(13(10)21)18(6,7)15(23)26-17(3,4)5;1-4-15-10(13)7-6(3)8(17-9(7)12)11(14)16-5-2;1-7(2,3)12-6(10)8(4,5)9-11;1-7(2,3)11-6(10)8(4,5)9/h8H2,1-7H3,(H,19,24);4-5,12H2,1-3H3;1-5H3;9H2,1-5H3. The minimum Gasteiger partial charge on any atom is -0.462 e. The average Bonchev–Trinajstić information content (AvgIpc) is 3.64. The van der Waals surface area contributed by atoms with Crippen LogP contribution in [0.3, 0.4) is 0 Å². The van der Waals surface area contributed by atoms with Crippen LogP contribution in [0, 0.1) is 18.8 Å². The highest BCUT2D eigenvalue weighted by atomic mass is 32.1. The van der Waals surface area contributed by atoms with E-state index >= 15 is 0 Å². The molecule has 0 radical (unpaired) electrons. The smallest absolute Gasteiger partial charge is 0.348 e. The normalized spacial score (nSPS) is 11.8. The fourth-order valence-corrected chi connectivity index (χ4v) is 6.88. The number of thiophene rings is 2. The van der Waals surface area contributed by atoms with Crippen molar-refractivity contribution in [3.05, 3.63) is 52.2 Å². The molecule has 3 aromatic rings. The third kappa shape index (κ3) is 18.6. The second kappa shape index (κ2) is 24.0. The Kier molecular flexibility index (Phi) is 22.0. The van der Waals surface area contributed by atoms with Crippen LogP contribution in [-0.4, -0.2) is 93.1 Å². The van der Waals surface area contributed by atoms with Crippen molar-refractivity contribution in [3.8, 4) is 0 Å². The molecular formula is C45H71N5O15S2. The van der Waals surface area contributed by atoms with Gasteiger partial charge in [-0.15, -0.1) is 27.6 Å². The molecule has 20 nitrogen and oxygen atoms in total. The van der Waals surface area contributed by atoms with Crippen LogP contribution in [0.5, 0.6) is 0 Å². The summed E-state index contributed by atoms with van der Waals surface area (Å²) in [6, 6.07) is 0. The van der Waals surface area contributed by atoms with E-state index in [1.807, 2.05) is 20.8 Å². The van der Waals surface area contributed by atoms with Gasteiger partial charge in [-0.25, -0.2) is 33.3 Å². The molecule has 0 spiro atoms. The van der Waals surface area contributed by atoms with Crippen molar-refractivity contribution in [2.45, 2.75) is 172 Å². The van der Waals surface area contributed by atoms with Gasteiger partial charge in [-0.1, -0.05) is 5.18 Å². The summed E-state index contributed by atoms with van der Waals surface area (Å²) in [6.45, 7) is 33.9. The quantitative estimate of drug-likeness (QED) is 0.0968. The molecular weight excluding hydrogens is 915 g/mol. The van der Waals surface area contributed by atoms with Gasteiger partial charge < -0.3 is 39.9 Å². The number of esters is 6. The van der Waals surface area contributed by atoms with E-state index in [9.17, 15) is 43.3 Å². The molecule has 0 unspecified atom stereocenters. The number of nitrogens with two attached hydrogens (primary N) is 2. The van der Waals surface area contributed by atoms with Gasteiger partial charge in [0, 0.05) is 0 Å². The number of aryl methyl sites for hydroxylation is 1. The summed E-state index contributed by atoms with van der Waals surface area (Å²) >= 11 is 2.02. The number of nitrogen functional groups attached to an aromatic ring is 1. The number of H-pyrrole nitrogens is 1. The molecule has 5 N–H and O–H groups in total. The number of nitroso groups, excluding NO2 is 1. The summed E-state index contributed by atoms with van der Waals surface area (Å²) in [5, 5.41) is 3.14. The van der Waals surface area contributed by atoms with Gasteiger partial charge in [-0.05, 0) is 150 Å². The first-order valence-electron chi connectivity index (χ1n) is 21.2. The van der Waals surface area contributed by atoms with Crippen molar-refractivity contribution in [3.63, 3.8) is 0 Å². The van der Waals surface area contributed by atoms with Gasteiger partial charge in [0.2, 0.25) is 0 Å². The number of anilines is 1. The number of carbonyl (C=O) groups is 6. The molecule has 0 aromatic carbocycles. The molecule has 0 saturated heterocycles. The number of fused-ring (bicyclic) bond motifs is 1. The Hall–Kier alpha value is -5.48. The van der Waals surface area contributed by atoms with E-state index in [-0.39, 0.29) is 51.4 Å². The van der Waals surface area contributed by atoms with E-state index in [4.69, 9.17) is 39.9 Å². The summed E-state index contributed by atoms with van der Waals surface area (Å²) < 4.78 is 30.9. The van der Waals surface area contributed by atoms with Gasteiger partial charge in [0.25, 0.3) is 5.56 Å². The van der Waals surface area contributed by atoms with E-state index in [2.05, 4.69) is 10.2 Å². The molecule has 22 heteroatoms. The van der Waals surface area contributed by atoms with E-state index in [1.165, 1.54) is 27.7 Å². The lowest BCUT2D eigenvalue weighted by molar-refractivity contribution is -0.165. The lowest BCUT2D eigenvalue weighted by Crippen LogP contribution is -2.52. The first-order chi connectivity index (χ1) is 30.1. The third-order valence-corrected chi connectivity index (χ3v) is 10.4. The van der Waals surface area contributed by atoms with Crippen LogP contribution in [0.25, 0.3) is 10.2 Å². The van der Waals surface area contributed by atoms with Gasteiger partial charge in [-0.2, -0.15) is 0 Å². The van der Waals surface area contributed by atoms with Crippen LogP contribution in [0.1, 0.15) is 165 Å². The van der Waals surface area contributed by atoms with Gasteiger partial charge in [0.05, 0.1) is 30.8 Å². The number of nitrogens with one attached hydrogen (secondary N) is 1. The van der Waals surface area contributed by atoms with E-state index in [1.54, 1.807) is 90.0 Å². The van der Waals surface area contributed by atoms with Gasteiger partial charge in [0.15, 0.2) is 5.54 Å². The van der Waals surface area contributed by atoms with Crippen molar-refractivity contribution in [1.29, 1.82) is 0 Å². The van der Waals surface area contributed by atoms with Crippen molar-refractivity contribution in [2.24, 2.45) is 10.9 Å². The summed E-state index contributed by atoms with van der Waals surface area (Å²) in [4.78, 5) is 110. The fraction of sp³-hybridized carbons (Fsp3) is 0.644. The zero-order valence-corrected chi connectivity index (χ0v) is 44.2. The second-order valence-electron chi connectivity index (χ2n) is 19.2. The highest BCUT2D eigenvalue weighted by Gasteiger charge is 2.38. The molecule has 378 valence electrons. The SMILES string of the molecule is CC(C)(C)OC(=O)C(C)(C)N.CC(C)(C)OC(=O)C(C)(C)N=O.CCOC(=O)c1sc(N)c(C(=O)OCC)c1C.CCOC(=O)c1sc2[nH]c(=O)n(C(C)(C)C(=O)OC(C)(C)C)c(=O)c2c1C. The predicted molar refractivity (Wildman–Crippen MR) is 258 cm³/mol. The van der Waals surface area contributed by atoms with Crippen LogP contribution in [0.2, 0.25) is 0 Å². The van der Waals surface area contributed by atoms with Crippen molar-refractivity contribution < 1.29 is 57.2 Å². The maximum absolute atomic E-state index is 13.1. The number of ether oxygens (including phenoxy) is 6. The lowest BCUT2D eigenvalue weighted by Gasteiger charge is -2.29. The van der Waals surface area contributed by atoms with Gasteiger partial charge >= 0.3 is 41.5 Å². The summed E-state index contributed by atoms with van der Waals surface area (Å²) in [7, 11) is 0. The van der Waals surface area contributed by atoms with Crippen molar-refractivity contribution in [1.82, 2.24) is 9.55 Å². The van der Waals surface area contributed by atoms with Gasteiger partial charge in [0.1, 0.15) is 47.5 Å². The Morgan fingerprint density at radius 2 is 1.00 bits per heavy atom. The van der Waals surface area contributed by atoms with E-state index < -0.39 is 74.5 Å². The number of hydrogen-bond acceptors (Lipinski definition) is 20. The zero-order chi connectivity index (χ0) is 53.0. The number of rotatable bonds is 11. The molecule has 3 rings (SSSR count). The number of hydrogen-bond donors (Lipinski definition) is 3. The average molecular weight is 986 g/mol. The molecule has 0 bridgehead atoms. The summed E-state index contributed by atoms with van der Waals surface area (Å²) in [5.74, 6) is -3.20. The molecule has 0 saturated carbocycles. The predicted octanol–water partition coefficient (Wildman–Crippen LogP) is 7.24. The van der Waals surface area contributed by atoms with Crippen LogP contribution in [-0.2, 0) is 48.3 Å². The first kappa shape index (κ1) is 61.5. The second-order valence-corrected chi connectivity index (χ2v) is 21.3. The minimum atomic E-state index is -1.54. The largest absolute Gasteiger partial charge is 0.462 e. The minimum absolute atomic E-state index is 0.180. The van der Waals surface area contributed by atoms with Crippen LogP contribution < -0.4 is 22.7 Å². The van der Waals surface area contributed by atoms with Crippen LogP contribution in [0.4, 0.5) is 5.00 Å². The Labute approximate surface area is 399 Å². The molecule has 0 atom stereocenters. The number of carbonyl (C=O) groups excluding carboxylic acids is 6. The molecule has 0 aliphatic heterocycles. The molecule has 0 fully saturated rings. The van der Waals surface area contributed by atoms with Crippen LogP contribution >= 0.6 is 22.7 Å². The van der Waals surface area contributed by atoms with Crippen molar-refractivity contribution in [2.75, 3.05) is 25.6 Å². The van der Waals surface area contributed by atoms with Gasteiger partial charge in [-0.3, -0.25) is 14.6 Å². The number of nitrogens with zero attached hydrogens (tertiary/aromatic N) is 2. The fourth-order valence-electron chi connectivity index (χ4n) is 4.84. The summed E-state index contributed by atoms with van der Waals surface area (Å²) in [5.41, 5.74) is 5.50. The lowest BCUT2D eigenvalue weighted by atomic mass is 10.0. The van der Waals surface area contributed by atoms with E-state index in [0.717, 1.165) is 27.2 Å². The monoisotopic (exact) mass is 985 g/mol. The molecule has 0 aliphatic carbocycles.